The molecule has 1 heterocycles. The molecule has 2 rings (SSSR count). The third-order valence-electron chi connectivity index (χ3n) is 3.92. The van der Waals surface area contributed by atoms with Crippen LogP contribution in [0.3, 0.4) is 0 Å². The Balaban J connectivity index is 2.48. The lowest BCUT2D eigenvalue weighted by molar-refractivity contribution is -0.147. The Kier molecular flexibility index (Phi) is 5.76. The average molecular weight is 358 g/mol. The Morgan fingerprint density at radius 3 is 2.50 bits per heavy atom. The fourth-order valence-corrected chi connectivity index (χ4v) is 3.06. The maximum absolute atomic E-state index is 12.7. The number of rotatable bonds is 6. The second-order valence-electron chi connectivity index (χ2n) is 5.75. The third-order valence-corrected chi connectivity index (χ3v) is 4.46. The number of carbonyl (C=O) groups excluding carboxylic acids is 1. The van der Waals surface area contributed by atoms with Gasteiger partial charge in [0.2, 0.25) is 0 Å². The number of hydrogen-bond donors (Lipinski definition) is 0. The Labute approximate surface area is 140 Å². The summed E-state index contributed by atoms with van der Waals surface area (Å²) in [6.07, 6.45) is 3.95. The minimum Gasteiger partial charge on any atom is -0.464 e. The van der Waals surface area contributed by atoms with Gasteiger partial charge in [-0.15, -0.1) is 0 Å². The minimum atomic E-state index is -3.64. The summed E-state index contributed by atoms with van der Waals surface area (Å²) >= 11 is 0. The number of ether oxygens (including phenoxy) is 1. The molecule has 9 heteroatoms. The molecular formula is C15H22N2O6S. The Morgan fingerprint density at radius 1 is 1.29 bits per heavy atom. The van der Waals surface area contributed by atoms with E-state index in [0.29, 0.717) is 24.1 Å². The van der Waals surface area contributed by atoms with Gasteiger partial charge in [0, 0.05) is 5.56 Å². The van der Waals surface area contributed by atoms with Crippen LogP contribution in [0.1, 0.15) is 49.6 Å². The van der Waals surface area contributed by atoms with Crippen LogP contribution in [-0.2, 0) is 43.3 Å². The largest absolute Gasteiger partial charge is 0.464 e. The van der Waals surface area contributed by atoms with Gasteiger partial charge in [-0.25, -0.2) is 9.48 Å². The van der Waals surface area contributed by atoms with Gasteiger partial charge in [0.05, 0.1) is 18.6 Å². The molecule has 1 aliphatic carbocycles. The summed E-state index contributed by atoms with van der Waals surface area (Å²) in [5.41, 5.74) is 1.38. The predicted octanol–water partition coefficient (Wildman–Crippen LogP) is 0.722. The van der Waals surface area contributed by atoms with E-state index in [0.717, 1.165) is 29.3 Å². The summed E-state index contributed by atoms with van der Waals surface area (Å²) in [4.78, 5) is 24.6. The number of nitrogens with zero attached hydrogens (tertiary/aromatic N) is 2. The summed E-state index contributed by atoms with van der Waals surface area (Å²) in [6.45, 7) is 3.16. The molecule has 0 amide bonds. The molecule has 1 aromatic rings. The molecule has 0 N–H and O–H groups in total. The zero-order valence-corrected chi connectivity index (χ0v) is 14.9. The van der Waals surface area contributed by atoms with E-state index >= 15 is 0 Å². The molecule has 8 nitrogen and oxygen atoms in total. The van der Waals surface area contributed by atoms with E-state index in [1.165, 1.54) is 6.92 Å². The van der Waals surface area contributed by atoms with Gasteiger partial charge < -0.3 is 4.74 Å². The van der Waals surface area contributed by atoms with E-state index < -0.39 is 22.1 Å². The third kappa shape index (κ3) is 4.21. The summed E-state index contributed by atoms with van der Waals surface area (Å²) in [7, 11) is -3.64. The molecule has 1 atom stereocenters. The van der Waals surface area contributed by atoms with Gasteiger partial charge in [-0.05, 0) is 45.1 Å². The number of hydrogen-bond acceptors (Lipinski definition) is 7. The van der Waals surface area contributed by atoms with Gasteiger partial charge in [-0.1, -0.05) is 0 Å². The second-order valence-corrected chi connectivity index (χ2v) is 7.40. The first-order valence-electron chi connectivity index (χ1n) is 7.89. The highest BCUT2D eigenvalue weighted by molar-refractivity contribution is 7.85. The number of aromatic nitrogens is 2. The van der Waals surface area contributed by atoms with Gasteiger partial charge in [0.25, 0.3) is 15.7 Å². The van der Waals surface area contributed by atoms with Crippen LogP contribution < -0.4 is 5.56 Å². The monoisotopic (exact) mass is 358 g/mol. The van der Waals surface area contributed by atoms with E-state index in [1.54, 1.807) is 6.92 Å². The highest BCUT2D eigenvalue weighted by atomic mass is 32.2. The fraction of sp³-hybridized carbons (Fsp3) is 0.667. The molecule has 134 valence electrons. The van der Waals surface area contributed by atoms with Gasteiger partial charge in [-0.2, -0.15) is 13.5 Å². The quantitative estimate of drug-likeness (QED) is 0.545. The first-order valence-corrected chi connectivity index (χ1v) is 9.70. The molecule has 24 heavy (non-hydrogen) atoms. The molecule has 1 aromatic heterocycles. The molecule has 0 spiro atoms. The first-order chi connectivity index (χ1) is 11.2. The Bertz CT molecular complexity index is 784. The molecule has 0 radical (unpaired) electrons. The zero-order valence-electron chi connectivity index (χ0n) is 14.1. The van der Waals surface area contributed by atoms with Crippen molar-refractivity contribution in [1.29, 1.82) is 0 Å². The molecule has 0 aliphatic heterocycles. The van der Waals surface area contributed by atoms with E-state index in [4.69, 9.17) is 8.92 Å². The number of fused-ring (bicyclic) bond motifs is 1. The molecular weight excluding hydrogens is 336 g/mol. The molecule has 0 aromatic carbocycles. The predicted molar refractivity (Wildman–Crippen MR) is 86.1 cm³/mol. The van der Waals surface area contributed by atoms with Crippen molar-refractivity contribution in [2.75, 3.05) is 12.9 Å². The normalized spacial score (nSPS) is 15.6. The van der Waals surface area contributed by atoms with Crippen LogP contribution in [-0.4, -0.2) is 37.0 Å². The van der Waals surface area contributed by atoms with Gasteiger partial charge >= 0.3 is 5.97 Å². The lowest BCUT2D eigenvalue weighted by Crippen LogP contribution is -2.36. The molecule has 1 unspecified atom stereocenters. The maximum atomic E-state index is 12.7. The maximum Gasteiger partial charge on any atom is 0.330 e. The number of carbonyl (C=O) groups is 1. The van der Waals surface area contributed by atoms with Crippen LogP contribution in [0.2, 0.25) is 0 Å². The molecule has 0 bridgehead atoms. The van der Waals surface area contributed by atoms with Crippen LogP contribution in [0.15, 0.2) is 4.79 Å². The highest BCUT2D eigenvalue weighted by Crippen LogP contribution is 2.22. The van der Waals surface area contributed by atoms with Crippen molar-refractivity contribution in [2.45, 2.75) is 52.2 Å². The van der Waals surface area contributed by atoms with Crippen LogP contribution >= 0.6 is 0 Å². The van der Waals surface area contributed by atoms with Crippen molar-refractivity contribution in [3.8, 4) is 0 Å². The highest BCUT2D eigenvalue weighted by Gasteiger charge is 2.26. The smallest absolute Gasteiger partial charge is 0.330 e. The Hall–Kier alpha value is -1.74. The molecule has 1 aliphatic rings. The topological polar surface area (TPSA) is 105 Å². The van der Waals surface area contributed by atoms with Crippen LogP contribution in [0.5, 0.6) is 0 Å². The van der Waals surface area contributed by atoms with Crippen molar-refractivity contribution in [1.82, 2.24) is 9.78 Å². The summed E-state index contributed by atoms with van der Waals surface area (Å²) in [5.74, 6) is -0.558. The zero-order chi connectivity index (χ0) is 17.9. The minimum absolute atomic E-state index is 0.201. The molecule has 0 saturated heterocycles. The summed E-state index contributed by atoms with van der Waals surface area (Å²) < 4.78 is 33.4. The van der Waals surface area contributed by atoms with Crippen molar-refractivity contribution < 1.29 is 22.1 Å². The van der Waals surface area contributed by atoms with Crippen molar-refractivity contribution in [2.24, 2.45) is 0 Å². The molecule has 0 fully saturated rings. The van der Waals surface area contributed by atoms with E-state index in [1.807, 2.05) is 0 Å². The average Bonchev–Trinajstić information content (AvgIpc) is 2.53. The van der Waals surface area contributed by atoms with E-state index in [2.05, 4.69) is 5.10 Å². The lowest BCUT2D eigenvalue weighted by Gasteiger charge is -2.21. The van der Waals surface area contributed by atoms with Gasteiger partial charge in [-0.3, -0.25) is 8.98 Å². The van der Waals surface area contributed by atoms with Crippen LogP contribution in [0.4, 0.5) is 0 Å². The summed E-state index contributed by atoms with van der Waals surface area (Å²) in [6, 6.07) is -0.887. The first kappa shape index (κ1) is 18.6. The molecule has 0 saturated carbocycles. The van der Waals surface area contributed by atoms with Crippen molar-refractivity contribution in [3.05, 3.63) is 27.2 Å². The lowest BCUT2D eigenvalue weighted by atomic mass is 9.92. The SMILES string of the molecule is CCOC(=O)C(C)n1nc(COS(C)(=O)=O)c2c(c1=O)CCCC2. The van der Waals surface area contributed by atoms with Gasteiger partial charge in [0.15, 0.2) is 6.04 Å². The van der Waals surface area contributed by atoms with Crippen LogP contribution in [0, 0.1) is 0 Å². The summed E-state index contributed by atoms with van der Waals surface area (Å²) in [5, 5.41) is 4.21. The number of esters is 1. The Morgan fingerprint density at radius 2 is 1.92 bits per heavy atom. The van der Waals surface area contributed by atoms with E-state index in [9.17, 15) is 18.0 Å². The fourth-order valence-electron chi connectivity index (χ4n) is 2.74. The standard InChI is InChI=1S/C15H22N2O6S/c1-4-22-15(19)10(2)17-14(18)12-8-6-5-7-11(12)13(16-17)9-23-24(3,20)21/h10H,4-9H2,1-3H3. The van der Waals surface area contributed by atoms with Crippen LogP contribution in [0.25, 0.3) is 0 Å². The van der Waals surface area contributed by atoms with E-state index in [-0.39, 0.29) is 18.8 Å². The van der Waals surface area contributed by atoms with Crippen molar-refractivity contribution >= 4 is 16.1 Å². The van der Waals surface area contributed by atoms with Crippen molar-refractivity contribution in [3.63, 3.8) is 0 Å². The van der Waals surface area contributed by atoms with Gasteiger partial charge in [0.1, 0.15) is 6.61 Å². The second kappa shape index (κ2) is 7.43.